The second kappa shape index (κ2) is 7.27. The van der Waals surface area contributed by atoms with E-state index in [2.05, 4.69) is 10.2 Å². The molecular weight excluding hydrogens is 294 g/mol. The van der Waals surface area contributed by atoms with Crippen LogP contribution in [-0.4, -0.2) is 41.1 Å². The molecule has 3 rings (SSSR count). The summed E-state index contributed by atoms with van der Waals surface area (Å²) >= 11 is 0. The molecule has 1 aromatic carbocycles. The lowest BCUT2D eigenvalue weighted by atomic mass is 9.79. The summed E-state index contributed by atoms with van der Waals surface area (Å²) in [5, 5.41) is 24.8. The van der Waals surface area contributed by atoms with Crippen LogP contribution >= 0.6 is 0 Å². The van der Waals surface area contributed by atoms with E-state index in [1.807, 2.05) is 0 Å². The monoisotopic (exact) mass is 319 g/mol. The first-order valence-corrected chi connectivity index (χ1v) is 8.59. The fourth-order valence-corrected chi connectivity index (χ4v) is 4.10. The highest BCUT2D eigenvalue weighted by Crippen LogP contribution is 2.42. The Balaban J connectivity index is 1.99. The highest BCUT2D eigenvalue weighted by atomic mass is 16.6. The molecule has 2 aliphatic rings. The maximum atomic E-state index is 11.5. The Morgan fingerprint density at radius 2 is 1.91 bits per heavy atom. The van der Waals surface area contributed by atoms with E-state index in [4.69, 9.17) is 0 Å². The molecule has 23 heavy (non-hydrogen) atoms. The van der Waals surface area contributed by atoms with Crippen molar-refractivity contribution >= 4 is 5.69 Å². The van der Waals surface area contributed by atoms with Crippen molar-refractivity contribution in [2.45, 2.75) is 38.1 Å². The molecule has 1 atom stereocenters. The van der Waals surface area contributed by atoms with Gasteiger partial charge in [-0.1, -0.05) is 19.3 Å². The summed E-state index contributed by atoms with van der Waals surface area (Å²) in [7, 11) is 0. The molecule has 0 aromatic heterocycles. The van der Waals surface area contributed by atoms with Crippen molar-refractivity contribution in [3.05, 3.63) is 33.9 Å². The van der Waals surface area contributed by atoms with Gasteiger partial charge in [0.2, 0.25) is 0 Å². The third-order valence-electron chi connectivity index (χ3n) is 5.17. The average Bonchev–Trinajstić information content (AvgIpc) is 2.57. The maximum absolute atomic E-state index is 11.5. The van der Waals surface area contributed by atoms with Crippen molar-refractivity contribution in [3.63, 3.8) is 0 Å². The van der Waals surface area contributed by atoms with Gasteiger partial charge in [0.15, 0.2) is 0 Å². The summed E-state index contributed by atoms with van der Waals surface area (Å²) in [5.74, 6) is 0.545. The van der Waals surface area contributed by atoms with E-state index in [0.29, 0.717) is 11.5 Å². The Labute approximate surface area is 136 Å². The molecule has 0 amide bonds. The molecule has 1 aliphatic heterocycles. The lowest BCUT2D eigenvalue weighted by Gasteiger charge is -2.40. The van der Waals surface area contributed by atoms with Crippen LogP contribution in [0.5, 0.6) is 5.75 Å². The van der Waals surface area contributed by atoms with E-state index in [1.165, 1.54) is 31.4 Å². The van der Waals surface area contributed by atoms with Crippen molar-refractivity contribution in [2.75, 3.05) is 26.2 Å². The van der Waals surface area contributed by atoms with Crippen LogP contribution in [0.1, 0.15) is 43.7 Å². The minimum Gasteiger partial charge on any atom is -0.508 e. The van der Waals surface area contributed by atoms with Gasteiger partial charge in [0.05, 0.1) is 10.5 Å². The zero-order valence-electron chi connectivity index (χ0n) is 13.4. The second-order valence-electron chi connectivity index (χ2n) is 6.63. The Morgan fingerprint density at radius 3 is 2.57 bits per heavy atom. The molecule has 126 valence electrons. The molecule has 2 fully saturated rings. The Hall–Kier alpha value is -1.66. The maximum Gasteiger partial charge on any atom is 0.274 e. The third kappa shape index (κ3) is 3.64. The van der Waals surface area contributed by atoms with Crippen LogP contribution in [0, 0.1) is 16.0 Å². The molecule has 1 saturated carbocycles. The highest BCUT2D eigenvalue weighted by Gasteiger charge is 2.35. The van der Waals surface area contributed by atoms with Crippen LogP contribution in [0.3, 0.4) is 0 Å². The van der Waals surface area contributed by atoms with E-state index >= 15 is 0 Å². The van der Waals surface area contributed by atoms with Gasteiger partial charge in [0.1, 0.15) is 5.75 Å². The van der Waals surface area contributed by atoms with Crippen LogP contribution in [0.25, 0.3) is 0 Å². The molecule has 0 radical (unpaired) electrons. The highest BCUT2D eigenvalue weighted by molar-refractivity contribution is 5.47. The van der Waals surface area contributed by atoms with Crippen molar-refractivity contribution in [1.82, 2.24) is 10.2 Å². The smallest absolute Gasteiger partial charge is 0.274 e. The molecule has 0 bridgehead atoms. The van der Waals surface area contributed by atoms with E-state index < -0.39 is 0 Å². The van der Waals surface area contributed by atoms with Gasteiger partial charge in [-0.2, -0.15) is 0 Å². The molecule has 0 spiro atoms. The first-order chi connectivity index (χ1) is 11.2. The number of nitro benzene ring substituents is 1. The normalized spacial score (nSPS) is 21.9. The van der Waals surface area contributed by atoms with Gasteiger partial charge in [-0.3, -0.25) is 15.0 Å². The quantitative estimate of drug-likeness (QED) is 0.659. The summed E-state index contributed by atoms with van der Waals surface area (Å²) in [4.78, 5) is 13.6. The fraction of sp³-hybridized carbons (Fsp3) is 0.647. The molecule has 1 aromatic rings. The zero-order chi connectivity index (χ0) is 16.2. The molecule has 0 unspecified atom stereocenters. The number of hydrogen-bond donors (Lipinski definition) is 2. The van der Waals surface area contributed by atoms with Crippen molar-refractivity contribution in [2.24, 2.45) is 5.92 Å². The molecule has 1 aliphatic carbocycles. The number of piperazine rings is 1. The largest absolute Gasteiger partial charge is 0.508 e. The minimum absolute atomic E-state index is 0.0323. The van der Waals surface area contributed by atoms with E-state index in [9.17, 15) is 15.2 Å². The summed E-state index contributed by atoms with van der Waals surface area (Å²) in [5.41, 5.74) is 0.820. The predicted octanol–water partition coefficient (Wildman–Crippen LogP) is 2.83. The van der Waals surface area contributed by atoms with Gasteiger partial charge in [-0.25, -0.2) is 0 Å². The number of nitrogens with one attached hydrogen (secondary N) is 1. The molecule has 2 N–H and O–H groups in total. The van der Waals surface area contributed by atoms with Gasteiger partial charge in [0, 0.05) is 38.3 Å². The summed E-state index contributed by atoms with van der Waals surface area (Å²) < 4.78 is 0. The summed E-state index contributed by atoms with van der Waals surface area (Å²) in [6.07, 6.45) is 5.87. The predicted molar refractivity (Wildman–Crippen MR) is 88.5 cm³/mol. The molecular formula is C17H25N3O3. The number of nitrogens with zero attached hydrogens (tertiary/aromatic N) is 2. The van der Waals surface area contributed by atoms with Crippen LogP contribution in [0.15, 0.2) is 18.2 Å². The standard InChI is InChI=1S/C17H25N3O3/c21-14-6-7-16(20(22)23)15(12-14)17(13-4-2-1-3-5-13)19-10-8-18-9-11-19/h6-7,12-13,17-18,21H,1-5,8-11H2/t17-/m0/s1. The Morgan fingerprint density at radius 1 is 1.22 bits per heavy atom. The number of nitro groups is 1. The molecule has 1 heterocycles. The van der Waals surface area contributed by atoms with E-state index in [0.717, 1.165) is 39.0 Å². The van der Waals surface area contributed by atoms with Crippen molar-refractivity contribution in [3.8, 4) is 5.75 Å². The molecule has 1 saturated heterocycles. The minimum atomic E-state index is -0.313. The Kier molecular flexibility index (Phi) is 5.13. The first kappa shape index (κ1) is 16.2. The van der Waals surface area contributed by atoms with Crippen LogP contribution in [0.2, 0.25) is 0 Å². The topological polar surface area (TPSA) is 78.6 Å². The number of hydrogen-bond acceptors (Lipinski definition) is 5. The van der Waals surface area contributed by atoms with Gasteiger partial charge in [-0.05, 0) is 30.9 Å². The SMILES string of the molecule is O=[N+]([O-])c1ccc(O)cc1[C@H](C1CCCCC1)N1CCNCC1. The molecule has 6 nitrogen and oxygen atoms in total. The number of phenols is 1. The number of rotatable bonds is 4. The first-order valence-electron chi connectivity index (χ1n) is 8.59. The van der Waals surface area contributed by atoms with Crippen LogP contribution in [-0.2, 0) is 0 Å². The van der Waals surface area contributed by atoms with Gasteiger partial charge in [0.25, 0.3) is 5.69 Å². The zero-order valence-corrected chi connectivity index (χ0v) is 13.4. The third-order valence-corrected chi connectivity index (χ3v) is 5.17. The van der Waals surface area contributed by atoms with Crippen LogP contribution < -0.4 is 5.32 Å². The summed E-state index contributed by atoms with van der Waals surface area (Å²) in [6.45, 7) is 3.62. The average molecular weight is 319 g/mol. The van der Waals surface area contributed by atoms with Gasteiger partial charge in [-0.15, -0.1) is 0 Å². The molecule has 6 heteroatoms. The second-order valence-corrected chi connectivity index (χ2v) is 6.63. The van der Waals surface area contributed by atoms with Crippen LogP contribution in [0.4, 0.5) is 5.69 Å². The lowest BCUT2D eigenvalue weighted by Crippen LogP contribution is -2.47. The van der Waals surface area contributed by atoms with Crippen molar-refractivity contribution in [1.29, 1.82) is 0 Å². The summed E-state index contributed by atoms with van der Waals surface area (Å²) in [6, 6.07) is 4.50. The van der Waals surface area contributed by atoms with Gasteiger partial charge >= 0.3 is 0 Å². The Bertz CT molecular complexity index is 534. The lowest BCUT2D eigenvalue weighted by molar-refractivity contribution is -0.386. The number of phenolic OH excluding ortho intramolecular Hbond substituents is 1. The number of aromatic hydroxyl groups is 1. The van der Waals surface area contributed by atoms with Crippen molar-refractivity contribution < 1.29 is 10.0 Å². The fourth-order valence-electron chi connectivity index (χ4n) is 4.10. The number of benzene rings is 1. The van der Waals surface area contributed by atoms with E-state index in [-0.39, 0.29) is 22.4 Å². The van der Waals surface area contributed by atoms with E-state index in [1.54, 1.807) is 6.07 Å². The van der Waals surface area contributed by atoms with Gasteiger partial charge < -0.3 is 10.4 Å².